The van der Waals surface area contributed by atoms with E-state index in [1.54, 1.807) is 12.1 Å². The van der Waals surface area contributed by atoms with E-state index in [9.17, 15) is 4.79 Å². The summed E-state index contributed by atoms with van der Waals surface area (Å²) in [6.07, 6.45) is 1.68. The molecule has 0 radical (unpaired) electrons. The second-order valence-electron chi connectivity index (χ2n) is 6.78. The van der Waals surface area contributed by atoms with Gasteiger partial charge >= 0.3 is 0 Å². The van der Waals surface area contributed by atoms with Crippen LogP contribution in [0.1, 0.15) is 34.8 Å². The highest BCUT2D eigenvalue weighted by Gasteiger charge is 2.26. The number of likely N-dealkylation sites (tertiary alicyclic amines) is 1. The first-order chi connectivity index (χ1) is 13.1. The molecule has 138 valence electrons. The average molecular weight is 382 g/mol. The van der Waals surface area contributed by atoms with Crippen LogP contribution in [0.25, 0.3) is 11.1 Å². The number of amides is 1. The van der Waals surface area contributed by atoms with Gasteiger partial charge in [0.05, 0.1) is 5.69 Å². The van der Waals surface area contributed by atoms with Crippen molar-refractivity contribution in [3.05, 3.63) is 70.9 Å². The van der Waals surface area contributed by atoms with Gasteiger partial charge in [0.1, 0.15) is 0 Å². The van der Waals surface area contributed by atoms with Crippen LogP contribution in [0.2, 0.25) is 5.02 Å². The summed E-state index contributed by atoms with van der Waals surface area (Å²) >= 11 is 6.45. The van der Waals surface area contributed by atoms with Gasteiger partial charge in [-0.2, -0.15) is 0 Å². The molecule has 1 aliphatic heterocycles. The van der Waals surface area contributed by atoms with Crippen molar-refractivity contribution in [2.75, 3.05) is 18.8 Å². The topological polar surface area (TPSA) is 72.4 Å². The van der Waals surface area contributed by atoms with Gasteiger partial charge in [-0.3, -0.25) is 4.79 Å². The number of aromatic nitrogens is 1. The van der Waals surface area contributed by atoms with Gasteiger partial charge in [0.25, 0.3) is 5.91 Å². The molecule has 1 aromatic heterocycles. The molecule has 6 heteroatoms. The molecule has 4 rings (SSSR count). The normalized spacial score (nSPS) is 15.1. The number of hydrogen-bond donors (Lipinski definition) is 1. The molecule has 0 aliphatic carbocycles. The number of anilines is 1. The number of nitrogens with zero attached hydrogens (tertiary/aromatic N) is 2. The van der Waals surface area contributed by atoms with Gasteiger partial charge in [0.2, 0.25) is 5.88 Å². The lowest BCUT2D eigenvalue weighted by Crippen LogP contribution is -2.38. The third kappa shape index (κ3) is 3.69. The Labute approximate surface area is 162 Å². The number of nitrogens with two attached hydrogens (primary N) is 1. The molecule has 27 heavy (non-hydrogen) atoms. The molecular formula is C21H20ClN3O2. The van der Waals surface area contributed by atoms with Gasteiger partial charge in [-0.15, -0.1) is 0 Å². The third-order valence-corrected chi connectivity index (χ3v) is 5.36. The molecule has 1 saturated heterocycles. The smallest absolute Gasteiger partial charge is 0.253 e. The maximum atomic E-state index is 12.9. The summed E-state index contributed by atoms with van der Waals surface area (Å²) in [6.45, 7) is 1.35. The molecule has 0 spiro atoms. The van der Waals surface area contributed by atoms with Crippen LogP contribution in [0.15, 0.2) is 59.1 Å². The fourth-order valence-electron chi connectivity index (χ4n) is 3.56. The number of piperidine rings is 1. The molecule has 1 amide bonds. The van der Waals surface area contributed by atoms with Crippen molar-refractivity contribution in [2.45, 2.75) is 18.8 Å². The number of carbonyl (C=O) groups excluding carboxylic acids is 1. The molecule has 2 heterocycles. The van der Waals surface area contributed by atoms with Gasteiger partial charge < -0.3 is 15.2 Å². The van der Waals surface area contributed by atoms with E-state index in [4.69, 9.17) is 21.9 Å². The van der Waals surface area contributed by atoms with Crippen molar-refractivity contribution in [1.82, 2.24) is 10.1 Å². The maximum Gasteiger partial charge on any atom is 0.253 e. The number of halogens is 1. The number of rotatable bonds is 3. The molecule has 0 atom stereocenters. The molecule has 2 N–H and O–H groups in total. The lowest BCUT2D eigenvalue weighted by Gasteiger charge is -2.31. The fourth-order valence-corrected chi connectivity index (χ4v) is 3.85. The number of nitrogen functional groups attached to an aromatic ring is 1. The summed E-state index contributed by atoms with van der Waals surface area (Å²) in [7, 11) is 0. The summed E-state index contributed by atoms with van der Waals surface area (Å²) in [5.74, 6) is 0.616. The van der Waals surface area contributed by atoms with Gasteiger partial charge in [-0.05, 0) is 30.5 Å². The quantitative estimate of drug-likeness (QED) is 0.719. The van der Waals surface area contributed by atoms with Gasteiger partial charge in [-0.1, -0.05) is 53.2 Å². The minimum absolute atomic E-state index is 0.00892. The van der Waals surface area contributed by atoms with Crippen LogP contribution in [-0.4, -0.2) is 29.1 Å². The molecule has 1 aliphatic rings. The predicted molar refractivity (Wildman–Crippen MR) is 106 cm³/mol. The molecule has 5 nitrogen and oxygen atoms in total. The molecule has 3 aromatic rings. The zero-order valence-corrected chi connectivity index (χ0v) is 15.5. The summed E-state index contributed by atoms with van der Waals surface area (Å²) < 4.78 is 4.95. The van der Waals surface area contributed by atoms with Crippen molar-refractivity contribution in [3.8, 4) is 11.1 Å². The van der Waals surface area contributed by atoms with E-state index in [2.05, 4.69) is 5.16 Å². The van der Waals surface area contributed by atoms with Crippen molar-refractivity contribution >= 4 is 23.4 Å². The molecule has 2 aromatic carbocycles. The first-order valence-corrected chi connectivity index (χ1v) is 9.36. The van der Waals surface area contributed by atoms with E-state index in [1.807, 2.05) is 47.4 Å². The van der Waals surface area contributed by atoms with Crippen LogP contribution in [-0.2, 0) is 0 Å². The maximum absolute atomic E-state index is 12.9. The Hall–Kier alpha value is -2.79. The van der Waals surface area contributed by atoms with Gasteiger partial charge in [-0.25, -0.2) is 0 Å². The number of carbonyl (C=O) groups is 1. The Kier molecular flexibility index (Phi) is 4.86. The van der Waals surface area contributed by atoms with E-state index >= 15 is 0 Å². The van der Waals surface area contributed by atoms with E-state index < -0.39 is 0 Å². The largest absolute Gasteiger partial charge is 0.368 e. The van der Waals surface area contributed by atoms with Crippen molar-refractivity contribution < 1.29 is 9.32 Å². The molecule has 0 saturated carbocycles. The highest BCUT2D eigenvalue weighted by molar-refractivity contribution is 6.33. The van der Waals surface area contributed by atoms with Crippen molar-refractivity contribution in [3.63, 3.8) is 0 Å². The Bertz CT molecular complexity index is 947. The van der Waals surface area contributed by atoms with Gasteiger partial charge in [0.15, 0.2) is 0 Å². The van der Waals surface area contributed by atoms with Crippen molar-refractivity contribution in [1.29, 1.82) is 0 Å². The zero-order chi connectivity index (χ0) is 18.8. The lowest BCUT2D eigenvalue weighted by molar-refractivity contribution is 0.0711. The monoisotopic (exact) mass is 381 g/mol. The van der Waals surface area contributed by atoms with Crippen LogP contribution >= 0.6 is 11.6 Å². The number of benzene rings is 2. The van der Waals surface area contributed by atoms with E-state index in [-0.39, 0.29) is 11.8 Å². The fraction of sp³-hybridized carbons (Fsp3) is 0.238. The van der Waals surface area contributed by atoms with E-state index in [1.165, 1.54) is 0 Å². The highest BCUT2D eigenvalue weighted by atomic mass is 35.5. The standard InChI is InChI=1S/C21H20ClN3O2/c22-18-12-16(6-7-17(18)14-4-2-1-3-5-14)21(26)25-10-8-15(9-11-25)19-13-20(23)27-24-19/h1-7,12-13,15H,8-11,23H2. The lowest BCUT2D eigenvalue weighted by atomic mass is 9.93. The summed E-state index contributed by atoms with van der Waals surface area (Å²) in [5.41, 5.74) is 9.05. The molecule has 1 fully saturated rings. The van der Waals surface area contributed by atoms with Crippen LogP contribution < -0.4 is 5.73 Å². The second kappa shape index (κ2) is 7.45. The summed E-state index contributed by atoms with van der Waals surface area (Å²) in [6, 6.07) is 17.2. The molecular weight excluding hydrogens is 362 g/mol. The Balaban J connectivity index is 1.45. The van der Waals surface area contributed by atoms with Crippen LogP contribution in [0.5, 0.6) is 0 Å². The predicted octanol–water partition coefficient (Wildman–Crippen LogP) is 4.60. The van der Waals surface area contributed by atoms with E-state index in [0.717, 1.165) is 29.7 Å². The molecule has 0 unspecified atom stereocenters. The van der Waals surface area contributed by atoms with Crippen LogP contribution in [0, 0.1) is 0 Å². The summed E-state index contributed by atoms with van der Waals surface area (Å²) in [4.78, 5) is 14.7. The third-order valence-electron chi connectivity index (χ3n) is 5.05. The van der Waals surface area contributed by atoms with Crippen LogP contribution in [0.4, 0.5) is 5.88 Å². The molecule has 0 bridgehead atoms. The summed E-state index contributed by atoms with van der Waals surface area (Å²) in [5, 5.41) is 4.58. The first kappa shape index (κ1) is 17.6. The van der Waals surface area contributed by atoms with Gasteiger partial charge in [0, 0.05) is 41.2 Å². The van der Waals surface area contributed by atoms with Crippen molar-refractivity contribution in [2.24, 2.45) is 0 Å². The highest BCUT2D eigenvalue weighted by Crippen LogP contribution is 2.31. The Morgan fingerprint density at radius 2 is 1.85 bits per heavy atom. The Morgan fingerprint density at radius 3 is 2.48 bits per heavy atom. The minimum atomic E-state index is 0.00892. The average Bonchev–Trinajstić information content (AvgIpc) is 3.14. The Morgan fingerprint density at radius 1 is 1.11 bits per heavy atom. The van der Waals surface area contributed by atoms with Crippen LogP contribution in [0.3, 0.4) is 0 Å². The number of hydrogen-bond acceptors (Lipinski definition) is 4. The zero-order valence-electron chi connectivity index (χ0n) is 14.8. The SMILES string of the molecule is Nc1cc(C2CCN(C(=O)c3ccc(-c4ccccc4)c(Cl)c3)CC2)no1. The minimum Gasteiger partial charge on any atom is -0.368 e. The van der Waals surface area contributed by atoms with E-state index in [0.29, 0.717) is 29.6 Å². The first-order valence-electron chi connectivity index (χ1n) is 8.98. The second-order valence-corrected chi connectivity index (χ2v) is 7.19.